The molecule has 3 aliphatic rings. The van der Waals surface area contributed by atoms with E-state index in [0.29, 0.717) is 23.8 Å². The van der Waals surface area contributed by atoms with Gasteiger partial charge in [0.25, 0.3) is 0 Å². The summed E-state index contributed by atoms with van der Waals surface area (Å²) >= 11 is 0. The summed E-state index contributed by atoms with van der Waals surface area (Å²) in [6.45, 7) is 8.89. The minimum absolute atomic E-state index is 0.0570. The third-order valence-corrected chi connectivity index (χ3v) is 5.62. The van der Waals surface area contributed by atoms with Crippen molar-refractivity contribution in [3.8, 4) is 0 Å². The van der Waals surface area contributed by atoms with E-state index in [1.165, 1.54) is 25.7 Å². The van der Waals surface area contributed by atoms with Gasteiger partial charge in [-0.3, -0.25) is 10.1 Å². The molecule has 0 aromatic rings. The number of hydrogen-bond acceptors (Lipinski definition) is 2. The maximum absolute atomic E-state index is 12.9. The van der Waals surface area contributed by atoms with Gasteiger partial charge in [0.15, 0.2) is 0 Å². The summed E-state index contributed by atoms with van der Waals surface area (Å²) in [5, 5.41) is 3.63. The zero-order valence-electron chi connectivity index (χ0n) is 13.4. The Kier molecular flexibility index (Phi) is 3.83. The van der Waals surface area contributed by atoms with Gasteiger partial charge in [-0.2, -0.15) is 0 Å². The summed E-state index contributed by atoms with van der Waals surface area (Å²) in [7, 11) is 0. The Bertz CT molecular complexity index is 379. The SMILES string of the molecule is CC(C)CC1NC(C(C)C)N(C2CC3CCC2C3)C1=O. The van der Waals surface area contributed by atoms with Crippen molar-refractivity contribution in [2.75, 3.05) is 0 Å². The highest BCUT2D eigenvalue weighted by Crippen LogP contribution is 2.48. The van der Waals surface area contributed by atoms with Crippen LogP contribution in [0.15, 0.2) is 0 Å². The summed E-state index contributed by atoms with van der Waals surface area (Å²) in [6.07, 6.45) is 6.61. The molecule has 5 unspecified atom stereocenters. The molecule has 3 heteroatoms. The second-order valence-electron chi connectivity index (χ2n) is 8.03. The molecule has 2 aliphatic carbocycles. The molecule has 114 valence electrons. The molecule has 2 bridgehead atoms. The smallest absolute Gasteiger partial charge is 0.241 e. The summed E-state index contributed by atoms with van der Waals surface area (Å²) in [6, 6.07) is 0.583. The molecule has 20 heavy (non-hydrogen) atoms. The van der Waals surface area contributed by atoms with Gasteiger partial charge in [0.2, 0.25) is 5.91 Å². The fourth-order valence-electron chi connectivity index (χ4n) is 4.75. The number of rotatable bonds is 4. The molecule has 1 N–H and O–H groups in total. The zero-order valence-corrected chi connectivity index (χ0v) is 13.4. The Morgan fingerprint density at radius 1 is 1.20 bits per heavy atom. The first kappa shape index (κ1) is 14.4. The topological polar surface area (TPSA) is 32.3 Å². The molecule has 0 radical (unpaired) electrons. The predicted molar refractivity (Wildman–Crippen MR) is 81.1 cm³/mol. The van der Waals surface area contributed by atoms with Gasteiger partial charge in [-0.1, -0.05) is 34.1 Å². The number of amides is 1. The first-order chi connectivity index (χ1) is 9.47. The third kappa shape index (κ3) is 2.38. The summed E-state index contributed by atoms with van der Waals surface area (Å²) in [5.41, 5.74) is 0. The van der Waals surface area contributed by atoms with Crippen LogP contribution < -0.4 is 5.32 Å². The lowest BCUT2D eigenvalue weighted by Gasteiger charge is -2.37. The molecule has 0 aromatic heterocycles. The lowest BCUT2D eigenvalue weighted by atomic mass is 9.92. The van der Waals surface area contributed by atoms with E-state index in [0.717, 1.165) is 18.3 Å². The number of fused-ring (bicyclic) bond motifs is 2. The van der Waals surface area contributed by atoms with Crippen LogP contribution >= 0.6 is 0 Å². The van der Waals surface area contributed by atoms with Crippen LogP contribution in [0.3, 0.4) is 0 Å². The first-order valence-electron chi connectivity index (χ1n) is 8.55. The summed E-state index contributed by atoms with van der Waals surface area (Å²) < 4.78 is 0. The van der Waals surface area contributed by atoms with Crippen molar-refractivity contribution in [2.45, 2.75) is 78.0 Å². The van der Waals surface area contributed by atoms with Crippen LogP contribution in [0.5, 0.6) is 0 Å². The van der Waals surface area contributed by atoms with Crippen molar-refractivity contribution in [2.24, 2.45) is 23.7 Å². The molecule has 0 aromatic carbocycles. The number of carbonyl (C=O) groups is 1. The third-order valence-electron chi connectivity index (χ3n) is 5.62. The Labute approximate surface area is 123 Å². The standard InChI is InChI=1S/C17H30N2O/c1-10(2)7-14-17(20)19(16(18-14)11(3)4)15-9-12-5-6-13(15)8-12/h10-16,18H,5-9H2,1-4H3. The Morgan fingerprint density at radius 2 is 1.95 bits per heavy atom. The van der Waals surface area contributed by atoms with Gasteiger partial charge in [-0.05, 0) is 49.4 Å². The van der Waals surface area contributed by atoms with Crippen LogP contribution in [0.4, 0.5) is 0 Å². The molecule has 0 spiro atoms. The van der Waals surface area contributed by atoms with Gasteiger partial charge in [-0.15, -0.1) is 0 Å². The second-order valence-corrected chi connectivity index (χ2v) is 8.03. The van der Waals surface area contributed by atoms with Crippen LogP contribution in [0.1, 0.15) is 59.8 Å². The van der Waals surface area contributed by atoms with E-state index >= 15 is 0 Å². The Balaban J connectivity index is 1.78. The summed E-state index contributed by atoms with van der Waals surface area (Å²) in [4.78, 5) is 15.1. The lowest BCUT2D eigenvalue weighted by Crippen LogP contribution is -2.49. The Morgan fingerprint density at radius 3 is 2.45 bits per heavy atom. The number of hydrogen-bond donors (Lipinski definition) is 1. The highest BCUT2D eigenvalue weighted by atomic mass is 16.2. The van der Waals surface area contributed by atoms with Gasteiger partial charge in [0.05, 0.1) is 12.2 Å². The van der Waals surface area contributed by atoms with Crippen molar-refractivity contribution >= 4 is 5.91 Å². The molecule has 3 rings (SSSR count). The van der Waals surface area contributed by atoms with Crippen LogP contribution in [-0.2, 0) is 4.79 Å². The van der Waals surface area contributed by atoms with Crippen molar-refractivity contribution in [1.82, 2.24) is 10.2 Å². The molecule has 1 amide bonds. The first-order valence-corrected chi connectivity index (χ1v) is 8.55. The van der Waals surface area contributed by atoms with E-state index in [4.69, 9.17) is 0 Å². The molecule has 3 fully saturated rings. The second kappa shape index (κ2) is 5.32. The van der Waals surface area contributed by atoms with E-state index in [1.807, 2.05) is 0 Å². The molecule has 1 aliphatic heterocycles. The van der Waals surface area contributed by atoms with Crippen LogP contribution in [0.2, 0.25) is 0 Å². The van der Waals surface area contributed by atoms with Crippen LogP contribution in [0.25, 0.3) is 0 Å². The molecular formula is C17H30N2O. The monoisotopic (exact) mass is 278 g/mol. The van der Waals surface area contributed by atoms with E-state index < -0.39 is 0 Å². The van der Waals surface area contributed by atoms with Gasteiger partial charge in [-0.25, -0.2) is 0 Å². The van der Waals surface area contributed by atoms with Gasteiger partial charge in [0, 0.05) is 6.04 Å². The van der Waals surface area contributed by atoms with Crippen molar-refractivity contribution in [3.63, 3.8) is 0 Å². The molecule has 2 saturated carbocycles. The van der Waals surface area contributed by atoms with Crippen molar-refractivity contribution in [1.29, 1.82) is 0 Å². The highest BCUT2D eigenvalue weighted by molar-refractivity contribution is 5.84. The Hall–Kier alpha value is -0.570. The number of nitrogens with one attached hydrogen (secondary N) is 1. The fraction of sp³-hybridized carbons (Fsp3) is 0.941. The summed E-state index contributed by atoms with van der Waals surface area (Å²) in [5.74, 6) is 3.13. The van der Waals surface area contributed by atoms with Crippen LogP contribution in [-0.4, -0.2) is 29.1 Å². The van der Waals surface area contributed by atoms with Crippen molar-refractivity contribution in [3.05, 3.63) is 0 Å². The number of carbonyl (C=O) groups excluding carboxylic acids is 1. The maximum Gasteiger partial charge on any atom is 0.241 e. The van der Waals surface area contributed by atoms with E-state index in [-0.39, 0.29) is 12.2 Å². The zero-order chi connectivity index (χ0) is 14.4. The predicted octanol–water partition coefficient (Wildman–Crippen LogP) is 3.00. The normalized spacial score (nSPS) is 40.6. The molecule has 1 heterocycles. The minimum atomic E-state index is 0.0570. The number of nitrogens with zero attached hydrogens (tertiary/aromatic N) is 1. The van der Waals surface area contributed by atoms with Gasteiger partial charge in [0.1, 0.15) is 0 Å². The highest BCUT2D eigenvalue weighted by Gasteiger charge is 2.50. The largest absolute Gasteiger partial charge is 0.322 e. The van der Waals surface area contributed by atoms with E-state index in [9.17, 15) is 4.79 Å². The van der Waals surface area contributed by atoms with E-state index in [2.05, 4.69) is 37.9 Å². The van der Waals surface area contributed by atoms with Gasteiger partial charge < -0.3 is 4.90 Å². The van der Waals surface area contributed by atoms with Crippen LogP contribution in [0, 0.1) is 23.7 Å². The van der Waals surface area contributed by atoms with E-state index in [1.54, 1.807) is 0 Å². The quantitative estimate of drug-likeness (QED) is 0.857. The van der Waals surface area contributed by atoms with Crippen molar-refractivity contribution < 1.29 is 4.79 Å². The molecular weight excluding hydrogens is 248 g/mol. The minimum Gasteiger partial charge on any atom is -0.322 e. The lowest BCUT2D eigenvalue weighted by molar-refractivity contribution is -0.134. The molecule has 5 atom stereocenters. The average Bonchev–Trinajstić information content (AvgIpc) is 3.03. The average molecular weight is 278 g/mol. The molecule has 1 saturated heterocycles. The maximum atomic E-state index is 12.9. The van der Waals surface area contributed by atoms with Gasteiger partial charge >= 0.3 is 0 Å². The molecule has 3 nitrogen and oxygen atoms in total. The fourth-order valence-corrected chi connectivity index (χ4v) is 4.75.